The number of aliphatic hydroxyl groups is 1. The quantitative estimate of drug-likeness (QED) is 0.234. The molecule has 0 aliphatic heterocycles. The van der Waals surface area contributed by atoms with Crippen molar-refractivity contribution in [3.8, 4) is 0 Å². The third-order valence-electron chi connectivity index (χ3n) is 5.07. The van der Waals surface area contributed by atoms with Gasteiger partial charge >= 0.3 is 5.97 Å². The molecule has 0 rings (SSSR count). The molecule has 3 nitrogen and oxygen atoms in total. The van der Waals surface area contributed by atoms with Crippen molar-refractivity contribution >= 4 is 5.97 Å². The predicted molar refractivity (Wildman–Crippen MR) is 107 cm³/mol. The Bertz CT molecular complexity index is 278. The number of carboxylic acid groups (broad SMARTS) is 1. The summed E-state index contributed by atoms with van der Waals surface area (Å²) in [6.07, 6.45) is 22.0. The first-order valence-corrected chi connectivity index (χ1v) is 11.1. The van der Waals surface area contributed by atoms with Crippen molar-refractivity contribution in [2.45, 2.75) is 135 Å². The van der Waals surface area contributed by atoms with E-state index in [2.05, 4.69) is 6.92 Å². The van der Waals surface area contributed by atoms with Gasteiger partial charge in [-0.1, -0.05) is 103 Å². The van der Waals surface area contributed by atoms with E-state index in [-0.39, 0.29) is 12.5 Å². The Morgan fingerprint density at radius 3 is 1.40 bits per heavy atom. The molecule has 0 radical (unpaired) electrons. The molecule has 1 unspecified atom stereocenters. The molecule has 0 heterocycles. The third-order valence-corrected chi connectivity index (χ3v) is 5.07. The van der Waals surface area contributed by atoms with E-state index in [1.807, 2.05) is 0 Å². The van der Waals surface area contributed by atoms with E-state index >= 15 is 0 Å². The topological polar surface area (TPSA) is 57.5 Å². The highest BCUT2D eigenvalue weighted by Gasteiger charge is 2.04. The second-order valence-corrected chi connectivity index (χ2v) is 7.68. The van der Waals surface area contributed by atoms with Gasteiger partial charge in [-0.15, -0.1) is 0 Å². The van der Waals surface area contributed by atoms with Crippen LogP contribution >= 0.6 is 0 Å². The van der Waals surface area contributed by atoms with Crippen LogP contribution in [0.25, 0.3) is 0 Å². The number of unbranched alkanes of at least 4 members (excludes halogenated alkanes) is 14. The number of carbonyl (C=O) groups is 1. The summed E-state index contributed by atoms with van der Waals surface area (Å²) in [5.74, 6) is -0.702. The SMILES string of the molecule is CCCCCCCCCCCCCCC(O)CCCCCCC(=O)O. The van der Waals surface area contributed by atoms with Gasteiger partial charge in [-0.3, -0.25) is 4.79 Å². The van der Waals surface area contributed by atoms with Gasteiger partial charge < -0.3 is 10.2 Å². The van der Waals surface area contributed by atoms with Crippen LogP contribution in [0.2, 0.25) is 0 Å². The zero-order valence-electron chi connectivity index (χ0n) is 16.8. The van der Waals surface area contributed by atoms with Crippen LogP contribution in [0.3, 0.4) is 0 Å². The summed E-state index contributed by atoms with van der Waals surface area (Å²) in [5.41, 5.74) is 0. The molecular weight excluding hydrogens is 312 g/mol. The van der Waals surface area contributed by atoms with Crippen molar-refractivity contribution in [1.82, 2.24) is 0 Å². The minimum atomic E-state index is -0.702. The molecule has 0 aromatic rings. The van der Waals surface area contributed by atoms with E-state index in [1.165, 1.54) is 70.6 Å². The Hall–Kier alpha value is -0.570. The molecule has 0 saturated carbocycles. The average Bonchev–Trinajstić information content (AvgIpc) is 2.58. The summed E-state index contributed by atoms with van der Waals surface area (Å²) >= 11 is 0. The Morgan fingerprint density at radius 2 is 1.00 bits per heavy atom. The minimum Gasteiger partial charge on any atom is -0.481 e. The van der Waals surface area contributed by atoms with Gasteiger partial charge in [0.25, 0.3) is 0 Å². The van der Waals surface area contributed by atoms with Gasteiger partial charge in [-0.25, -0.2) is 0 Å². The maximum absolute atomic E-state index is 10.4. The molecule has 0 bridgehead atoms. The Morgan fingerprint density at radius 1 is 0.640 bits per heavy atom. The highest BCUT2D eigenvalue weighted by molar-refractivity contribution is 5.66. The molecule has 0 aromatic heterocycles. The van der Waals surface area contributed by atoms with Gasteiger partial charge in [0.1, 0.15) is 0 Å². The van der Waals surface area contributed by atoms with Crippen molar-refractivity contribution in [2.75, 3.05) is 0 Å². The molecule has 0 fully saturated rings. The fraction of sp³-hybridized carbons (Fsp3) is 0.955. The Labute approximate surface area is 156 Å². The standard InChI is InChI=1S/C22H44O3/c1-2-3-4-5-6-7-8-9-10-11-12-15-18-21(23)19-16-13-14-17-20-22(24)25/h21,23H,2-20H2,1H3,(H,24,25). The van der Waals surface area contributed by atoms with Crippen LogP contribution < -0.4 is 0 Å². The Kier molecular flexibility index (Phi) is 19.3. The molecular formula is C22H44O3. The summed E-state index contributed by atoms with van der Waals surface area (Å²) in [6, 6.07) is 0. The van der Waals surface area contributed by atoms with Crippen LogP contribution in [0.5, 0.6) is 0 Å². The van der Waals surface area contributed by atoms with Gasteiger partial charge in [0.05, 0.1) is 6.10 Å². The number of carboxylic acids is 1. The van der Waals surface area contributed by atoms with Gasteiger partial charge in [-0.2, -0.15) is 0 Å². The first-order valence-electron chi connectivity index (χ1n) is 11.1. The molecule has 2 N–H and O–H groups in total. The van der Waals surface area contributed by atoms with E-state index in [0.717, 1.165) is 44.9 Å². The van der Waals surface area contributed by atoms with Crippen LogP contribution in [-0.4, -0.2) is 22.3 Å². The molecule has 0 spiro atoms. The van der Waals surface area contributed by atoms with E-state index in [0.29, 0.717) is 0 Å². The average molecular weight is 357 g/mol. The monoisotopic (exact) mass is 356 g/mol. The normalized spacial score (nSPS) is 12.4. The van der Waals surface area contributed by atoms with E-state index in [4.69, 9.17) is 5.11 Å². The van der Waals surface area contributed by atoms with Crippen molar-refractivity contribution < 1.29 is 15.0 Å². The molecule has 0 aromatic carbocycles. The zero-order valence-corrected chi connectivity index (χ0v) is 16.8. The molecule has 3 heteroatoms. The van der Waals surface area contributed by atoms with Crippen molar-refractivity contribution in [3.63, 3.8) is 0 Å². The van der Waals surface area contributed by atoms with Crippen LogP contribution in [0.1, 0.15) is 129 Å². The van der Waals surface area contributed by atoms with E-state index < -0.39 is 5.97 Å². The first kappa shape index (κ1) is 24.4. The largest absolute Gasteiger partial charge is 0.481 e. The van der Waals surface area contributed by atoms with Crippen LogP contribution in [0, 0.1) is 0 Å². The number of hydrogen-bond acceptors (Lipinski definition) is 2. The fourth-order valence-corrected chi connectivity index (χ4v) is 3.38. The van der Waals surface area contributed by atoms with Crippen molar-refractivity contribution in [3.05, 3.63) is 0 Å². The molecule has 25 heavy (non-hydrogen) atoms. The van der Waals surface area contributed by atoms with Crippen LogP contribution in [0.4, 0.5) is 0 Å². The van der Waals surface area contributed by atoms with Gasteiger partial charge in [-0.05, 0) is 19.3 Å². The number of aliphatic hydroxyl groups excluding tert-OH is 1. The van der Waals surface area contributed by atoms with Gasteiger partial charge in [0, 0.05) is 6.42 Å². The molecule has 0 amide bonds. The molecule has 150 valence electrons. The van der Waals surface area contributed by atoms with Crippen molar-refractivity contribution in [2.24, 2.45) is 0 Å². The number of hydrogen-bond donors (Lipinski definition) is 2. The smallest absolute Gasteiger partial charge is 0.303 e. The van der Waals surface area contributed by atoms with E-state index in [9.17, 15) is 9.90 Å². The lowest BCUT2D eigenvalue weighted by molar-refractivity contribution is -0.137. The number of rotatable bonds is 20. The molecule has 1 atom stereocenters. The van der Waals surface area contributed by atoms with Crippen molar-refractivity contribution in [1.29, 1.82) is 0 Å². The Balaban J connectivity index is 3.14. The lowest BCUT2D eigenvalue weighted by Gasteiger charge is -2.10. The summed E-state index contributed by atoms with van der Waals surface area (Å²) in [5, 5.41) is 18.5. The van der Waals surface area contributed by atoms with Crippen LogP contribution in [-0.2, 0) is 4.79 Å². The summed E-state index contributed by atoms with van der Waals surface area (Å²) in [4.78, 5) is 10.4. The molecule has 0 aliphatic carbocycles. The van der Waals surface area contributed by atoms with E-state index in [1.54, 1.807) is 0 Å². The lowest BCUT2D eigenvalue weighted by Crippen LogP contribution is -2.06. The first-order chi connectivity index (χ1) is 12.2. The second-order valence-electron chi connectivity index (χ2n) is 7.68. The predicted octanol–water partition coefficient (Wildman–Crippen LogP) is 6.86. The summed E-state index contributed by atoms with van der Waals surface area (Å²) in [6.45, 7) is 2.27. The van der Waals surface area contributed by atoms with Gasteiger partial charge in [0.15, 0.2) is 0 Å². The third kappa shape index (κ3) is 21.4. The maximum Gasteiger partial charge on any atom is 0.303 e. The fourth-order valence-electron chi connectivity index (χ4n) is 3.38. The number of aliphatic carboxylic acids is 1. The summed E-state index contributed by atoms with van der Waals surface area (Å²) < 4.78 is 0. The lowest BCUT2D eigenvalue weighted by atomic mass is 10.0. The second kappa shape index (κ2) is 19.8. The molecule has 0 saturated heterocycles. The summed E-state index contributed by atoms with van der Waals surface area (Å²) in [7, 11) is 0. The minimum absolute atomic E-state index is 0.150. The maximum atomic E-state index is 10.4. The highest BCUT2D eigenvalue weighted by atomic mass is 16.4. The van der Waals surface area contributed by atoms with Crippen LogP contribution in [0.15, 0.2) is 0 Å². The zero-order chi connectivity index (χ0) is 18.6. The van der Waals surface area contributed by atoms with Gasteiger partial charge in [0.2, 0.25) is 0 Å². The highest BCUT2D eigenvalue weighted by Crippen LogP contribution is 2.15. The molecule has 0 aliphatic rings.